The number of nitrogens with two attached hydrogens (primary N) is 2. The van der Waals surface area contributed by atoms with E-state index in [2.05, 4.69) is 37.2 Å². The number of nitrogen functional groups attached to an aromatic ring is 1. The minimum Gasteiger partial charge on any atom is -0.397 e. The summed E-state index contributed by atoms with van der Waals surface area (Å²) >= 11 is 6.84. The highest BCUT2D eigenvalue weighted by Crippen LogP contribution is 2.31. The summed E-state index contributed by atoms with van der Waals surface area (Å²) < 4.78 is 1.82. The molecule has 0 radical (unpaired) electrons. The Morgan fingerprint density at radius 3 is 2.47 bits per heavy atom. The molecule has 4 nitrogen and oxygen atoms in total. The second-order valence-electron chi connectivity index (χ2n) is 3.92. The van der Waals surface area contributed by atoms with Crippen LogP contribution in [0.4, 0.5) is 17.1 Å². The summed E-state index contributed by atoms with van der Waals surface area (Å²) in [6.07, 6.45) is 0. The molecule has 2 aromatic carbocycles. The molecule has 0 aliphatic heterocycles. The van der Waals surface area contributed by atoms with Crippen LogP contribution in [-0.2, 0) is 0 Å². The van der Waals surface area contributed by atoms with Gasteiger partial charge < -0.3 is 16.8 Å². The van der Waals surface area contributed by atoms with Crippen LogP contribution in [0.25, 0.3) is 0 Å². The first-order chi connectivity index (χ1) is 8.97. The first-order valence-corrected chi connectivity index (χ1v) is 6.97. The molecule has 5 N–H and O–H groups in total. The topological polar surface area (TPSA) is 81.1 Å². The number of anilines is 3. The molecule has 0 heterocycles. The third-order valence-corrected chi connectivity index (χ3v) is 3.72. The van der Waals surface area contributed by atoms with Gasteiger partial charge in [-0.25, -0.2) is 0 Å². The highest BCUT2D eigenvalue weighted by molar-refractivity contribution is 9.11. The molecule has 0 aromatic heterocycles. The number of carbonyl (C=O) groups excluding carboxylic acids is 1. The van der Waals surface area contributed by atoms with E-state index in [-0.39, 0.29) is 0 Å². The molecule has 0 saturated carbocycles. The number of hydrogen-bond acceptors (Lipinski definition) is 3. The first kappa shape index (κ1) is 13.9. The van der Waals surface area contributed by atoms with Gasteiger partial charge in [-0.3, -0.25) is 4.79 Å². The molecule has 0 atom stereocenters. The van der Waals surface area contributed by atoms with Crippen LogP contribution in [0.15, 0.2) is 45.3 Å². The van der Waals surface area contributed by atoms with Crippen LogP contribution < -0.4 is 16.8 Å². The number of primary amides is 1. The van der Waals surface area contributed by atoms with Gasteiger partial charge in [-0.05, 0) is 52.3 Å². The van der Waals surface area contributed by atoms with Gasteiger partial charge in [0.15, 0.2) is 0 Å². The number of hydrogen-bond donors (Lipinski definition) is 3. The maximum Gasteiger partial charge on any atom is 0.248 e. The smallest absolute Gasteiger partial charge is 0.248 e. The average Bonchev–Trinajstić information content (AvgIpc) is 2.36. The van der Waals surface area contributed by atoms with Crippen LogP contribution in [0.1, 0.15) is 10.4 Å². The van der Waals surface area contributed by atoms with Gasteiger partial charge in [-0.15, -0.1) is 0 Å². The number of nitrogens with one attached hydrogen (secondary N) is 1. The second kappa shape index (κ2) is 5.63. The van der Waals surface area contributed by atoms with E-state index in [1.54, 1.807) is 18.2 Å². The lowest BCUT2D eigenvalue weighted by molar-refractivity contribution is 0.100. The monoisotopic (exact) mass is 383 g/mol. The van der Waals surface area contributed by atoms with Gasteiger partial charge in [-0.2, -0.15) is 0 Å². The Labute approximate surface area is 127 Å². The zero-order valence-corrected chi connectivity index (χ0v) is 13.0. The summed E-state index contributed by atoms with van der Waals surface area (Å²) in [7, 11) is 0. The van der Waals surface area contributed by atoms with E-state index in [0.29, 0.717) is 16.9 Å². The summed E-state index contributed by atoms with van der Waals surface area (Å²) in [5.41, 5.74) is 13.6. The Bertz CT molecular complexity index is 644. The Morgan fingerprint density at radius 2 is 1.79 bits per heavy atom. The average molecular weight is 385 g/mol. The molecule has 0 aliphatic rings. The minimum absolute atomic E-state index is 0.405. The van der Waals surface area contributed by atoms with Gasteiger partial charge >= 0.3 is 0 Å². The number of carbonyl (C=O) groups is 1. The fraction of sp³-hybridized carbons (Fsp3) is 0. The Kier molecular flexibility index (Phi) is 4.11. The fourth-order valence-electron chi connectivity index (χ4n) is 1.56. The van der Waals surface area contributed by atoms with Crippen molar-refractivity contribution in [3.8, 4) is 0 Å². The maximum absolute atomic E-state index is 11.2. The van der Waals surface area contributed by atoms with Crippen molar-refractivity contribution in [2.24, 2.45) is 5.73 Å². The highest BCUT2D eigenvalue weighted by Gasteiger charge is 2.07. The molecule has 0 bridgehead atoms. The van der Waals surface area contributed by atoms with Crippen molar-refractivity contribution in [1.29, 1.82) is 0 Å². The molecule has 6 heteroatoms. The van der Waals surface area contributed by atoms with E-state index in [9.17, 15) is 4.79 Å². The first-order valence-electron chi connectivity index (χ1n) is 5.39. The van der Waals surface area contributed by atoms with Gasteiger partial charge in [0.25, 0.3) is 0 Å². The van der Waals surface area contributed by atoms with Crippen LogP contribution >= 0.6 is 31.9 Å². The van der Waals surface area contributed by atoms with Gasteiger partial charge in [0, 0.05) is 14.5 Å². The van der Waals surface area contributed by atoms with Crippen molar-refractivity contribution in [1.82, 2.24) is 0 Å². The molecule has 19 heavy (non-hydrogen) atoms. The SMILES string of the molecule is NC(=O)c1ccc(N)c(Nc2cc(Br)ccc2Br)c1. The Hall–Kier alpha value is -1.53. The third-order valence-electron chi connectivity index (χ3n) is 2.54. The van der Waals surface area contributed by atoms with E-state index in [0.717, 1.165) is 14.6 Å². The molecule has 0 unspecified atom stereocenters. The van der Waals surface area contributed by atoms with E-state index in [1.165, 1.54) is 0 Å². The van der Waals surface area contributed by atoms with Crippen molar-refractivity contribution in [2.75, 3.05) is 11.1 Å². The molecule has 2 aromatic rings. The Balaban J connectivity index is 2.40. The molecular weight excluding hydrogens is 374 g/mol. The molecule has 0 fully saturated rings. The Morgan fingerprint density at radius 1 is 1.05 bits per heavy atom. The second-order valence-corrected chi connectivity index (χ2v) is 5.69. The molecule has 1 amide bonds. The zero-order chi connectivity index (χ0) is 14.0. The lowest BCUT2D eigenvalue weighted by Crippen LogP contribution is -2.11. The largest absolute Gasteiger partial charge is 0.397 e. The third kappa shape index (κ3) is 3.27. The number of halogens is 2. The van der Waals surface area contributed by atoms with Crippen LogP contribution in [0, 0.1) is 0 Å². The summed E-state index contributed by atoms with van der Waals surface area (Å²) in [6.45, 7) is 0. The normalized spacial score (nSPS) is 10.2. The van der Waals surface area contributed by atoms with Crippen molar-refractivity contribution >= 4 is 54.8 Å². The van der Waals surface area contributed by atoms with E-state index < -0.39 is 5.91 Å². The summed E-state index contributed by atoms with van der Waals surface area (Å²) in [5.74, 6) is -0.489. The highest BCUT2D eigenvalue weighted by atomic mass is 79.9. The quantitative estimate of drug-likeness (QED) is 0.706. The van der Waals surface area contributed by atoms with E-state index in [1.807, 2.05) is 18.2 Å². The van der Waals surface area contributed by atoms with Gasteiger partial charge in [0.05, 0.1) is 17.1 Å². The summed E-state index contributed by atoms with van der Waals surface area (Å²) in [5, 5.41) is 3.17. The molecule has 98 valence electrons. The molecule has 0 spiro atoms. The van der Waals surface area contributed by atoms with Crippen LogP contribution in [-0.4, -0.2) is 5.91 Å². The van der Waals surface area contributed by atoms with Gasteiger partial charge in [0.1, 0.15) is 0 Å². The van der Waals surface area contributed by atoms with Gasteiger partial charge in [0.2, 0.25) is 5.91 Å². The zero-order valence-electron chi connectivity index (χ0n) is 9.78. The maximum atomic E-state index is 11.2. The number of amides is 1. The standard InChI is InChI=1S/C13H11Br2N3O/c14-8-2-3-9(15)11(6-8)18-12-5-7(13(17)19)1-4-10(12)16/h1-6,18H,16H2,(H2,17,19). The van der Waals surface area contributed by atoms with Crippen molar-refractivity contribution in [3.63, 3.8) is 0 Å². The molecular formula is C13H11Br2N3O. The fourth-order valence-corrected chi connectivity index (χ4v) is 2.26. The lowest BCUT2D eigenvalue weighted by atomic mass is 10.1. The van der Waals surface area contributed by atoms with Crippen molar-refractivity contribution < 1.29 is 4.79 Å². The summed E-state index contributed by atoms with van der Waals surface area (Å²) in [4.78, 5) is 11.2. The number of rotatable bonds is 3. The van der Waals surface area contributed by atoms with Crippen molar-refractivity contribution in [3.05, 3.63) is 50.9 Å². The molecule has 0 aliphatic carbocycles. The van der Waals surface area contributed by atoms with Crippen LogP contribution in [0.5, 0.6) is 0 Å². The van der Waals surface area contributed by atoms with Gasteiger partial charge in [-0.1, -0.05) is 15.9 Å². The van der Waals surface area contributed by atoms with Crippen LogP contribution in [0.3, 0.4) is 0 Å². The minimum atomic E-state index is -0.489. The lowest BCUT2D eigenvalue weighted by Gasteiger charge is -2.12. The molecule has 2 rings (SSSR count). The van der Waals surface area contributed by atoms with Crippen LogP contribution in [0.2, 0.25) is 0 Å². The predicted octanol–water partition coefficient (Wildman–Crippen LogP) is 3.64. The summed E-state index contributed by atoms with van der Waals surface area (Å²) in [6, 6.07) is 10.6. The number of benzene rings is 2. The molecule has 0 saturated heterocycles. The van der Waals surface area contributed by atoms with E-state index in [4.69, 9.17) is 11.5 Å². The van der Waals surface area contributed by atoms with E-state index >= 15 is 0 Å². The van der Waals surface area contributed by atoms with Crippen molar-refractivity contribution in [2.45, 2.75) is 0 Å². The predicted molar refractivity (Wildman–Crippen MR) is 84.5 cm³/mol.